The van der Waals surface area contributed by atoms with Gasteiger partial charge in [-0.3, -0.25) is 4.90 Å². The van der Waals surface area contributed by atoms with Gasteiger partial charge in [0.15, 0.2) is 0 Å². The first-order valence-electron chi connectivity index (χ1n) is 8.91. The highest BCUT2D eigenvalue weighted by Crippen LogP contribution is 2.26. The number of rotatable bonds is 5. The van der Waals surface area contributed by atoms with E-state index in [9.17, 15) is 13.5 Å². The maximum atomic E-state index is 13.0. The molecule has 0 aliphatic carbocycles. The maximum Gasteiger partial charge on any atom is 0.282 e. The highest BCUT2D eigenvalue weighted by Gasteiger charge is 2.38. The van der Waals surface area contributed by atoms with E-state index in [-0.39, 0.29) is 12.1 Å². The van der Waals surface area contributed by atoms with Crippen LogP contribution in [0.15, 0.2) is 0 Å². The summed E-state index contributed by atoms with van der Waals surface area (Å²) in [4.78, 5) is 2.22. The molecule has 0 aromatic rings. The molecule has 2 fully saturated rings. The van der Waals surface area contributed by atoms with Gasteiger partial charge in [-0.1, -0.05) is 20.8 Å². The molecule has 2 aliphatic rings. The zero-order valence-electron chi connectivity index (χ0n) is 15.0. The molecule has 0 amide bonds. The normalized spacial score (nSPS) is 33.7. The molecule has 7 heteroatoms. The summed E-state index contributed by atoms with van der Waals surface area (Å²) >= 11 is 0. The summed E-state index contributed by atoms with van der Waals surface area (Å²) in [6.45, 7) is 11.8. The Balaban J connectivity index is 2.06. The van der Waals surface area contributed by atoms with E-state index in [1.54, 1.807) is 15.5 Å². The number of nitrogens with zero attached hydrogens (tertiary/aromatic N) is 3. The molecule has 0 aromatic heterocycles. The van der Waals surface area contributed by atoms with Crippen molar-refractivity contribution in [2.75, 3.05) is 39.3 Å². The summed E-state index contributed by atoms with van der Waals surface area (Å²) in [7, 11) is -3.37. The number of piperidine rings is 1. The molecular formula is C16H33N3O3S. The van der Waals surface area contributed by atoms with Gasteiger partial charge in [0.2, 0.25) is 0 Å². The van der Waals surface area contributed by atoms with Crippen LogP contribution in [0, 0.1) is 11.8 Å². The minimum Gasteiger partial charge on any atom is -0.392 e. The van der Waals surface area contributed by atoms with Crippen LogP contribution < -0.4 is 0 Å². The monoisotopic (exact) mass is 347 g/mol. The van der Waals surface area contributed by atoms with Gasteiger partial charge < -0.3 is 5.11 Å². The number of aliphatic hydroxyl groups is 1. The van der Waals surface area contributed by atoms with Crippen LogP contribution in [0.3, 0.4) is 0 Å². The second-order valence-electron chi connectivity index (χ2n) is 7.53. The third-order valence-electron chi connectivity index (χ3n) is 5.03. The average molecular weight is 348 g/mol. The Morgan fingerprint density at radius 3 is 2.22 bits per heavy atom. The topological polar surface area (TPSA) is 64.1 Å². The maximum absolute atomic E-state index is 13.0. The molecule has 0 aromatic carbocycles. The van der Waals surface area contributed by atoms with Crippen LogP contribution in [-0.2, 0) is 10.2 Å². The van der Waals surface area contributed by atoms with E-state index in [4.69, 9.17) is 0 Å². The predicted octanol–water partition coefficient (Wildman–Crippen LogP) is 0.986. The van der Waals surface area contributed by atoms with Crippen LogP contribution in [0.1, 0.15) is 40.5 Å². The fourth-order valence-corrected chi connectivity index (χ4v) is 5.88. The summed E-state index contributed by atoms with van der Waals surface area (Å²) in [5.41, 5.74) is 0. The quantitative estimate of drug-likeness (QED) is 0.805. The smallest absolute Gasteiger partial charge is 0.282 e. The molecule has 0 spiro atoms. The first kappa shape index (κ1) is 19.1. The molecule has 4 atom stereocenters. The van der Waals surface area contributed by atoms with E-state index in [2.05, 4.69) is 25.7 Å². The highest BCUT2D eigenvalue weighted by atomic mass is 32.2. The molecule has 2 aliphatic heterocycles. The molecule has 0 saturated carbocycles. The number of β-amino-alcohol motifs (C(OH)–C–C–N with tert-alkyl or cyclic N) is 1. The van der Waals surface area contributed by atoms with Crippen molar-refractivity contribution < 1.29 is 13.5 Å². The first-order valence-corrected chi connectivity index (χ1v) is 10.3. The molecular weight excluding hydrogens is 314 g/mol. The van der Waals surface area contributed by atoms with Gasteiger partial charge in [0.05, 0.1) is 6.10 Å². The Labute approximate surface area is 141 Å². The van der Waals surface area contributed by atoms with Crippen LogP contribution >= 0.6 is 0 Å². The third kappa shape index (κ3) is 4.66. The second-order valence-corrected chi connectivity index (χ2v) is 9.46. The van der Waals surface area contributed by atoms with Gasteiger partial charge in [0.1, 0.15) is 0 Å². The molecule has 136 valence electrons. The van der Waals surface area contributed by atoms with E-state index in [0.717, 1.165) is 12.8 Å². The van der Waals surface area contributed by atoms with Gasteiger partial charge in [-0.2, -0.15) is 17.0 Å². The molecule has 2 heterocycles. The van der Waals surface area contributed by atoms with Crippen molar-refractivity contribution in [1.29, 1.82) is 0 Å². The van der Waals surface area contributed by atoms with Gasteiger partial charge in [0, 0.05) is 45.3 Å². The fraction of sp³-hybridized carbons (Fsp3) is 1.00. The van der Waals surface area contributed by atoms with E-state index < -0.39 is 10.2 Å². The van der Waals surface area contributed by atoms with Gasteiger partial charge >= 0.3 is 0 Å². The SMILES string of the molecule is CCC1CN(S(=O)(=O)N2CC(C)CC(C)C2)CCN1CC(C)O. The molecule has 0 radical (unpaired) electrons. The van der Waals surface area contributed by atoms with Crippen molar-refractivity contribution >= 4 is 10.2 Å². The zero-order valence-corrected chi connectivity index (χ0v) is 15.8. The Kier molecular flexibility index (Phi) is 6.47. The molecule has 23 heavy (non-hydrogen) atoms. The van der Waals surface area contributed by atoms with E-state index in [1.165, 1.54) is 0 Å². The standard InChI is InChI=1S/C16H33N3O3S/c1-5-16-12-18(7-6-17(16)11-15(4)20)23(21,22)19-9-13(2)8-14(3)10-19/h13-16,20H,5-12H2,1-4H3. The highest BCUT2D eigenvalue weighted by molar-refractivity contribution is 7.86. The van der Waals surface area contributed by atoms with E-state index in [0.29, 0.717) is 51.1 Å². The molecule has 2 saturated heterocycles. The van der Waals surface area contributed by atoms with Gasteiger partial charge in [-0.25, -0.2) is 0 Å². The minimum absolute atomic E-state index is 0.188. The number of hydrogen-bond donors (Lipinski definition) is 1. The fourth-order valence-electron chi connectivity index (χ4n) is 4.00. The Bertz CT molecular complexity index is 473. The largest absolute Gasteiger partial charge is 0.392 e. The van der Waals surface area contributed by atoms with Gasteiger partial charge in [0.25, 0.3) is 10.2 Å². The summed E-state index contributed by atoms with van der Waals surface area (Å²) < 4.78 is 29.4. The van der Waals surface area contributed by atoms with Crippen molar-refractivity contribution in [2.45, 2.75) is 52.7 Å². The third-order valence-corrected chi connectivity index (χ3v) is 6.96. The molecule has 0 bridgehead atoms. The lowest BCUT2D eigenvalue weighted by Crippen LogP contribution is -2.59. The Morgan fingerprint density at radius 1 is 1.09 bits per heavy atom. The van der Waals surface area contributed by atoms with Crippen LogP contribution in [-0.4, -0.2) is 78.4 Å². The van der Waals surface area contributed by atoms with Crippen molar-refractivity contribution in [2.24, 2.45) is 11.8 Å². The Morgan fingerprint density at radius 2 is 1.70 bits per heavy atom. The average Bonchev–Trinajstić information content (AvgIpc) is 2.45. The van der Waals surface area contributed by atoms with Crippen LogP contribution in [0.5, 0.6) is 0 Å². The predicted molar refractivity (Wildman–Crippen MR) is 92.3 cm³/mol. The summed E-state index contributed by atoms with van der Waals surface area (Å²) in [6, 6.07) is 0.188. The van der Waals surface area contributed by atoms with E-state index in [1.807, 2.05) is 0 Å². The van der Waals surface area contributed by atoms with Crippen molar-refractivity contribution in [3.05, 3.63) is 0 Å². The van der Waals surface area contributed by atoms with Crippen LogP contribution in [0.2, 0.25) is 0 Å². The lowest BCUT2D eigenvalue weighted by atomic mass is 9.94. The van der Waals surface area contributed by atoms with Crippen LogP contribution in [0.4, 0.5) is 0 Å². The summed E-state index contributed by atoms with van der Waals surface area (Å²) in [5.74, 6) is 0.846. The number of hydrogen-bond acceptors (Lipinski definition) is 4. The lowest BCUT2D eigenvalue weighted by Gasteiger charge is -2.44. The van der Waals surface area contributed by atoms with Gasteiger partial charge in [-0.05, 0) is 31.6 Å². The zero-order chi connectivity index (χ0) is 17.2. The lowest BCUT2D eigenvalue weighted by molar-refractivity contribution is 0.0586. The number of piperazine rings is 1. The molecule has 2 rings (SSSR count). The first-order chi connectivity index (χ1) is 10.7. The number of aliphatic hydroxyl groups excluding tert-OH is 1. The molecule has 4 unspecified atom stereocenters. The van der Waals surface area contributed by atoms with E-state index >= 15 is 0 Å². The molecule has 1 N–H and O–H groups in total. The van der Waals surface area contributed by atoms with Gasteiger partial charge in [-0.15, -0.1) is 0 Å². The van der Waals surface area contributed by atoms with Crippen molar-refractivity contribution in [3.63, 3.8) is 0 Å². The second kappa shape index (κ2) is 7.78. The van der Waals surface area contributed by atoms with Crippen LogP contribution in [0.25, 0.3) is 0 Å². The minimum atomic E-state index is -3.37. The van der Waals surface area contributed by atoms with Crippen molar-refractivity contribution in [1.82, 2.24) is 13.5 Å². The summed E-state index contributed by atoms with van der Waals surface area (Å²) in [6.07, 6.45) is 1.62. The van der Waals surface area contributed by atoms with Crippen molar-refractivity contribution in [3.8, 4) is 0 Å². The summed E-state index contributed by atoms with van der Waals surface area (Å²) in [5, 5.41) is 9.62. The Hall–Kier alpha value is -0.210. The molecule has 6 nitrogen and oxygen atoms in total.